The zero-order valence-electron chi connectivity index (χ0n) is 26.1. The molecule has 3 heterocycles. The number of halogens is 4. The van der Waals surface area contributed by atoms with Crippen molar-refractivity contribution in [3.8, 4) is 17.1 Å². The number of piperazine rings is 1. The first-order chi connectivity index (χ1) is 21.3. The van der Waals surface area contributed by atoms with Crippen LogP contribution in [0.2, 0.25) is 0 Å². The molecule has 2 aromatic carbocycles. The second kappa shape index (κ2) is 11.4. The molecule has 0 bridgehead atoms. The molecule has 2 aliphatic rings. The number of aromatic nitrogens is 4. The molecule has 238 valence electrons. The van der Waals surface area contributed by atoms with Crippen molar-refractivity contribution in [3.63, 3.8) is 0 Å². The second-order valence-electron chi connectivity index (χ2n) is 12.8. The summed E-state index contributed by atoms with van der Waals surface area (Å²) in [6, 6.07) is 2.91. The topological polar surface area (TPSA) is 82.2 Å². The van der Waals surface area contributed by atoms with Gasteiger partial charge in [-0.05, 0) is 70.6 Å². The SMILES string of the molecule is C=C=CC[C@@H]1CN(c2nc(OC[C@]3(CN(C)C)CC3(F)F)nc3c(F)c(-c4c(C)c(C)cc5[nH]ncc45)c(F)cc23)C[C@@H](C)N1. The molecule has 45 heavy (non-hydrogen) atoms. The first kappa shape index (κ1) is 31.0. The number of benzene rings is 2. The molecule has 4 aromatic rings. The normalized spacial score (nSPS) is 22.7. The molecule has 12 heteroatoms. The number of nitrogens with zero attached hydrogens (tertiary/aromatic N) is 5. The summed E-state index contributed by atoms with van der Waals surface area (Å²) < 4.78 is 68.0. The summed E-state index contributed by atoms with van der Waals surface area (Å²) in [5.41, 5.74) is 3.53. The third-order valence-electron chi connectivity index (χ3n) is 8.97. The average molecular weight is 624 g/mol. The van der Waals surface area contributed by atoms with Crippen LogP contribution in [0.25, 0.3) is 32.9 Å². The second-order valence-corrected chi connectivity index (χ2v) is 12.8. The zero-order valence-corrected chi connectivity index (χ0v) is 26.1. The molecule has 0 amide bonds. The molecule has 0 radical (unpaired) electrons. The van der Waals surface area contributed by atoms with E-state index in [1.807, 2.05) is 30.9 Å². The summed E-state index contributed by atoms with van der Waals surface area (Å²) in [7, 11) is 3.44. The van der Waals surface area contributed by atoms with Gasteiger partial charge in [-0.15, -0.1) is 5.73 Å². The van der Waals surface area contributed by atoms with Crippen LogP contribution in [0.3, 0.4) is 0 Å². The summed E-state index contributed by atoms with van der Waals surface area (Å²) >= 11 is 0. The van der Waals surface area contributed by atoms with E-state index in [-0.39, 0.29) is 60.0 Å². The Morgan fingerprint density at radius 2 is 1.91 bits per heavy atom. The predicted molar refractivity (Wildman–Crippen MR) is 167 cm³/mol. The number of ether oxygens (including phenoxy) is 1. The lowest BCUT2D eigenvalue weighted by Crippen LogP contribution is -2.55. The number of fused-ring (bicyclic) bond motifs is 2. The maximum atomic E-state index is 16.8. The third-order valence-corrected chi connectivity index (χ3v) is 8.97. The minimum Gasteiger partial charge on any atom is -0.463 e. The van der Waals surface area contributed by atoms with Crippen molar-refractivity contribution in [2.75, 3.05) is 45.2 Å². The number of hydrogen-bond donors (Lipinski definition) is 2. The number of H-pyrrole nitrogens is 1. The lowest BCUT2D eigenvalue weighted by Gasteiger charge is -2.38. The minimum atomic E-state index is -2.91. The summed E-state index contributed by atoms with van der Waals surface area (Å²) in [6.07, 6.45) is 3.68. The van der Waals surface area contributed by atoms with Gasteiger partial charge in [-0.2, -0.15) is 15.1 Å². The van der Waals surface area contributed by atoms with Crippen molar-refractivity contribution >= 4 is 27.6 Å². The molecule has 2 aromatic heterocycles. The van der Waals surface area contributed by atoms with Crippen molar-refractivity contribution in [3.05, 3.63) is 59.5 Å². The van der Waals surface area contributed by atoms with Crippen molar-refractivity contribution in [1.82, 2.24) is 30.4 Å². The molecule has 1 saturated heterocycles. The Kier molecular flexibility index (Phi) is 7.87. The maximum absolute atomic E-state index is 16.8. The summed E-state index contributed by atoms with van der Waals surface area (Å²) in [4.78, 5) is 12.6. The van der Waals surface area contributed by atoms with Crippen molar-refractivity contribution in [2.24, 2.45) is 5.41 Å². The lowest BCUT2D eigenvalue weighted by molar-refractivity contribution is 0.0288. The Morgan fingerprint density at radius 3 is 2.60 bits per heavy atom. The van der Waals surface area contributed by atoms with Crippen LogP contribution in [0.5, 0.6) is 6.01 Å². The molecule has 2 N–H and O–H groups in total. The van der Waals surface area contributed by atoms with Crippen LogP contribution in [0.1, 0.15) is 30.9 Å². The van der Waals surface area contributed by atoms with Gasteiger partial charge in [-0.1, -0.05) is 6.58 Å². The largest absolute Gasteiger partial charge is 0.463 e. The standard InChI is InChI=1S/C33H37F4N7O/c1-7-8-9-21-14-44(13-19(3)39-21)30-22-11-24(34)27(26-20(4)18(2)10-25-23(26)12-38-42-25)28(35)29(22)40-31(41-30)45-17-32(16-43(5)6)15-33(32,36)37/h8,10-12,19,21,39H,1,9,13-17H2,2-6H3,(H,38,42)/t19-,21-,32-/m1/s1. The average Bonchev–Trinajstić information content (AvgIpc) is 3.24. The van der Waals surface area contributed by atoms with E-state index in [1.165, 1.54) is 6.07 Å². The molecule has 2 fully saturated rings. The Labute approximate surface area is 259 Å². The van der Waals surface area contributed by atoms with Crippen LogP contribution in [-0.2, 0) is 0 Å². The highest BCUT2D eigenvalue weighted by atomic mass is 19.3. The van der Waals surface area contributed by atoms with Gasteiger partial charge in [0.2, 0.25) is 0 Å². The van der Waals surface area contributed by atoms with E-state index >= 15 is 8.78 Å². The number of aryl methyl sites for hydroxylation is 1. The highest BCUT2D eigenvalue weighted by molar-refractivity contribution is 6.01. The molecular weight excluding hydrogens is 586 g/mol. The number of anilines is 1. The van der Waals surface area contributed by atoms with Crippen LogP contribution < -0.4 is 15.0 Å². The van der Waals surface area contributed by atoms with Gasteiger partial charge in [-0.3, -0.25) is 5.10 Å². The fourth-order valence-electron chi connectivity index (χ4n) is 6.63. The van der Waals surface area contributed by atoms with E-state index in [9.17, 15) is 8.78 Å². The molecular formula is C33H37F4N7O. The zero-order chi connectivity index (χ0) is 32.3. The number of hydrogen-bond acceptors (Lipinski definition) is 7. The minimum absolute atomic E-state index is 0.0100. The van der Waals surface area contributed by atoms with Crippen LogP contribution in [-0.4, -0.2) is 83.4 Å². The van der Waals surface area contributed by atoms with Gasteiger partial charge in [0, 0.05) is 54.5 Å². The van der Waals surface area contributed by atoms with Crippen molar-refractivity contribution < 1.29 is 22.3 Å². The van der Waals surface area contributed by atoms with E-state index in [2.05, 4.69) is 37.8 Å². The molecule has 1 aliphatic carbocycles. The van der Waals surface area contributed by atoms with E-state index in [0.29, 0.717) is 41.5 Å². The fraction of sp³-hybridized carbons (Fsp3) is 0.455. The highest BCUT2D eigenvalue weighted by Crippen LogP contribution is 2.60. The van der Waals surface area contributed by atoms with Gasteiger partial charge in [0.25, 0.3) is 5.92 Å². The van der Waals surface area contributed by atoms with Gasteiger partial charge in [0.05, 0.1) is 22.7 Å². The summed E-state index contributed by atoms with van der Waals surface area (Å²) in [5, 5.41) is 11.2. The lowest BCUT2D eigenvalue weighted by atomic mass is 9.92. The fourth-order valence-corrected chi connectivity index (χ4v) is 6.63. The van der Waals surface area contributed by atoms with Gasteiger partial charge >= 0.3 is 6.01 Å². The van der Waals surface area contributed by atoms with Gasteiger partial charge in [0.15, 0.2) is 5.82 Å². The van der Waals surface area contributed by atoms with E-state index in [0.717, 1.165) is 5.56 Å². The van der Waals surface area contributed by atoms with E-state index < -0.39 is 23.0 Å². The molecule has 3 atom stereocenters. The van der Waals surface area contributed by atoms with Crippen molar-refractivity contribution in [2.45, 2.75) is 51.6 Å². The maximum Gasteiger partial charge on any atom is 0.319 e. The molecule has 0 unspecified atom stereocenters. The number of aromatic amines is 1. The quantitative estimate of drug-likeness (QED) is 0.177. The van der Waals surface area contributed by atoms with E-state index in [1.54, 1.807) is 32.1 Å². The van der Waals surface area contributed by atoms with Crippen LogP contribution in [0.15, 0.2) is 36.7 Å². The molecule has 1 aliphatic heterocycles. The Morgan fingerprint density at radius 1 is 1.16 bits per heavy atom. The van der Waals surface area contributed by atoms with Gasteiger partial charge in [0.1, 0.15) is 23.8 Å². The third kappa shape index (κ3) is 5.55. The van der Waals surface area contributed by atoms with Crippen LogP contribution in [0, 0.1) is 30.9 Å². The number of nitrogens with one attached hydrogen (secondary N) is 2. The number of alkyl halides is 2. The van der Waals surface area contributed by atoms with Gasteiger partial charge < -0.3 is 19.9 Å². The van der Waals surface area contributed by atoms with E-state index in [4.69, 9.17) is 4.74 Å². The Balaban J connectivity index is 1.51. The molecule has 8 nitrogen and oxygen atoms in total. The Hall–Kier alpha value is -3.99. The predicted octanol–water partition coefficient (Wildman–Crippen LogP) is 5.93. The molecule has 6 rings (SSSR count). The monoisotopic (exact) mass is 623 g/mol. The van der Waals surface area contributed by atoms with Crippen molar-refractivity contribution in [1.29, 1.82) is 0 Å². The highest BCUT2D eigenvalue weighted by Gasteiger charge is 2.71. The first-order valence-corrected chi connectivity index (χ1v) is 15.0. The molecule has 1 saturated carbocycles. The summed E-state index contributed by atoms with van der Waals surface area (Å²) in [6.45, 7) is 10.0. The van der Waals surface area contributed by atoms with Gasteiger partial charge in [-0.25, -0.2) is 17.6 Å². The Bertz CT molecular complexity index is 1830. The smallest absolute Gasteiger partial charge is 0.319 e. The number of rotatable bonds is 9. The van der Waals surface area contributed by atoms with Crippen LogP contribution in [0.4, 0.5) is 23.4 Å². The molecule has 0 spiro atoms. The van der Waals surface area contributed by atoms with Crippen LogP contribution >= 0.6 is 0 Å². The first-order valence-electron chi connectivity index (χ1n) is 15.0. The summed E-state index contributed by atoms with van der Waals surface area (Å²) in [5.74, 6) is -4.29.